The zero-order chi connectivity index (χ0) is 21.2. The van der Waals surface area contributed by atoms with Crippen molar-refractivity contribution in [2.45, 2.75) is 43.9 Å². The molecule has 0 unspecified atom stereocenters. The van der Waals surface area contributed by atoms with Gasteiger partial charge in [0.2, 0.25) is 0 Å². The van der Waals surface area contributed by atoms with Crippen LogP contribution in [0.15, 0.2) is 24.4 Å². The van der Waals surface area contributed by atoms with E-state index >= 15 is 0 Å². The molecule has 3 aromatic rings. The Morgan fingerprint density at radius 1 is 1.17 bits per heavy atom. The molecule has 0 radical (unpaired) electrons. The molecule has 29 heavy (non-hydrogen) atoms. The fraction of sp³-hybridized carbons (Fsp3) is 0.412. The first-order valence-corrected chi connectivity index (χ1v) is 8.41. The molecule has 0 aliphatic heterocycles. The highest BCUT2D eigenvalue weighted by atomic mass is 19.4. The summed E-state index contributed by atoms with van der Waals surface area (Å²) in [6, 6.07) is 3.79. The summed E-state index contributed by atoms with van der Waals surface area (Å²) in [5.41, 5.74) is -2.15. The molecule has 154 valence electrons. The zero-order valence-electron chi connectivity index (χ0n) is 15.0. The highest BCUT2D eigenvalue weighted by Gasteiger charge is 2.60. The van der Waals surface area contributed by atoms with Crippen LogP contribution < -0.4 is 4.74 Å². The quantitative estimate of drug-likeness (QED) is 0.597. The van der Waals surface area contributed by atoms with Crippen LogP contribution in [0.5, 0.6) is 5.88 Å². The van der Waals surface area contributed by atoms with Crippen LogP contribution in [0.2, 0.25) is 0 Å². The van der Waals surface area contributed by atoms with Gasteiger partial charge in [-0.1, -0.05) is 0 Å². The SMILES string of the molecule is CC(C)(Oc1ncc(-c2ccc3nnc([C@@H]4CC4(F)F)n3n2)cc1F)C(F)(F)F. The van der Waals surface area contributed by atoms with Gasteiger partial charge in [-0.2, -0.15) is 22.8 Å². The van der Waals surface area contributed by atoms with Gasteiger partial charge in [0.25, 0.3) is 11.8 Å². The van der Waals surface area contributed by atoms with Gasteiger partial charge >= 0.3 is 6.18 Å². The number of nitrogens with zero attached hydrogens (tertiary/aromatic N) is 5. The summed E-state index contributed by atoms with van der Waals surface area (Å²) in [6.45, 7) is 1.50. The van der Waals surface area contributed by atoms with E-state index < -0.39 is 35.3 Å². The molecule has 6 nitrogen and oxygen atoms in total. The summed E-state index contributed by atoms with van der Waals surface area (Å²) >= 11 is 0. The number of fused-ring (bicyclic) bond motifs is 1. The molecule has 3 heterocycles. The van der Waals surface area contributed by atoms with Crippen molar-refractivity contribution < 1.29 is 31.1 Å². The van der Waals surface area contributed by atoms with Crippen LogP contribution in [-0.4, -0.2) is 42.5 Å². The second-order valence-corrected chi connectivity index (χ2v) is 7.19. The van der Waals surface area contributed by atoms with E-state index in [1.165, 1.54) is 12.1 Å². The van der Waals surface area contributed by atoms with Gasteiger partial charge in [-0.15, -0.1) is 10.2 Å². The van der Waals surface area contributed by atoms with Gasteiger partial charge in [0.05, 0.1) is 11.6 Å². The van der Waals surface area contributed by atoms with Gasteiger partial charge in [0.1, 0.15) is 0 Å². The van der Waals surface area contributed by atoms with E-state index in [9.17, 15) is 26.3 Å². The zero-order valence-corrected chi connectivity index (χ0v) is 15.0. The molecule has 1 saturated carbocycles. The molecule has 0 spiro atoms. The number of alkyl halides is 5. The van der Waals surface area contributed by atoms with E-state index in [0.717, 1.165) is 30.6 Å². The third-order valence-electron chi connectivity index (χ3n) is 4.56. The van der Waals surface area contributed by atoms with Gasteiger partial charge in [0.15, 0.2) is 22.9 Å². The molecule has 0 bridgehead atoms. The minimum absolute atomic E-state index is 0.0211. The lowest BCUT2D eigenvalue weighted by Crippen LogP contribution is -2.45. The molecule has 1 aliphatic rings. The summed E-state index contributed by atoms with van der Waals surface area (Å²) < 4.78 is 85.6. The lowest BCUT2D eigenvalue weighted by molar-refractivity contribution is -0.235. The van der Waals surface area contributed by atoms with Crippen molar-refractivity contribution in [1.82, 2.24) is 24.8 Å². The summed E-state index contributed by atoms with van der Waals surface area (Å²) in [7, 11) is 0. The Morgan fingerprint density at radius 2 is 1.86 bits per heavy atom. The molecule has 0 saturated heterocycles. The smallest absolute Gasteiger partial charge is 0.427 e. The van der Waals surface area contributed by atoms with Gasteiger partial charge in [0, 0.05) is 18.2 Å². The Kier molecular flexibility index (Phi) is 4.04. The number of halogens is 6. The van der Waals surface area contributed by atoms with Crippen LogP contribution in [0.4, 0.5) is 26.3 Å². The van der Waals surface area contributed by atoms with Gasteiger partial charge in [-0.25, -0.2) is 18.2 Å². The molecule has 0 aromatic carbocycles. The number of aromatic nitrogens is 5. The molecule has 1 atom stereocenters. The first kappa shape index (κ1) is 19.4. The fourth-order valence-corrected chi connectivity index (χ4v) is 2.61. The average Bonchev–Trinajstić information content (AvgIpc) is 3.06. The first-order valence-electron chi connectivity index (χ1n) is 8.41. The molecule has 3 aromatic heterocycles. The number of rotatable bonds is 4. The van der Waals surface area contributed by atoms with Crippen molar-refractivity contribution in [3.05, 3.63) is 36.0 Å². The van der Waals surface area contributed by atoms with Crippen molar-refractivity contribution in [3.63, 3.8) is 0 Å². The molecule has 0 amide bonds. The van der Waals surface area contributed by atoms with E-state index in [4.69, 9.17) is 0 Å². The second kappa shape index (κ2) is 6.04. The molecule has 0 N–H and O–H groups in total. The largest absolute Gasteiger partial charge is 0.460 e. The summed E-state index contributed by atoms with van der Waals surface area (Å²) in [6.07, 6.45) is -4.02. The minimum atomic E-state index is -4.73. The van der Waals surface area contributed by atoms with Crippen molar-refractivity contribution in [2.24, 2.45) is 0 Å². The third kappa shape index (κ3) is 3.36. The lowest BCUT2D eigenvalue weighted by atomic mass is 10.1. The first-order chi connectivity index (χ1) is 13.4. The van der Waals surface area contributed by atoms with Crippen molar-refractivity contribution in [1.29, 1.82) is 0 Å². The second-order valence-electron chi connectivity index (χ2n) is 7.19. The Hall–Kier alpha value is -2.92. The maximum absolute atomic E-state index is 14.3. The summed E-state index contributed by atoms with van der Waals surface area (Å²) in [4.78, 5) is 3.62. The Bertz CT molecular complexity index is 1090. The predicted molar refractivity (Wildman–Crippen MR) is 87.0 cm³/mol. The van der Waals surface area contributed by atoms with E-state index in [0.29, 0.717) is 0 Å². The third-order valence-corrected chi connectivity index (χ3v) is 4.56. The number of hydrogen-bond acceptors (Lipinski definition) is 5. The van der Waals surface area contributed by atoms with Gasteiger partial charge in [-0.3, -0.25) is 0 Å². The van der Waals surface area contributed by atoms with E-state index in [-0.39, 0.29) is 29.1 Å². The average molecular weight is 417 g/mol. The highest BCUT2D eigenvalue weighted by Crippen LogP contribution is 2.55. The van der Waals surface area contributed by atoms with E-state index in [1.807, 2.05) is 0 Å². The van der Waals surface area contributed by atoms with Crippen LogP contribution in [-0.2, 0) is 0 Å². The summed E-state index contributed by atoms with van der Waals surface area (Å²) in [5.74, 6) is -5.94. The van der Waals surface area contributed by atoms with Crippen LogP contribution in [0.25, 0.3) is 16.9 Å². The molecular formula is C17H13F6N5O. The van der Waals surface area contributed by atoms with E-state index in [1.54, 1.807) is 0 Å². The Labute approximate surface area is 159 Å². The van der Waals surface area contributed by atoms with Crippen molar-refractivity contribution in [3.8, 4) is 17.1 Å². The minimum Gasteiger partial charge on any atom is -0.460 e. The highest BCUT2D eigenvalue weighted by molar-refractivity contribution is 5.60. The number of ether oxygens (including phenoxy) is 1. The molecule has 12 heteroatoms. The predicted octanol–water partition coefficient (Wildman–Crippen LogP) is 4.17. The van der Waals surface area contributed by atoms with Gasteiger partial charge < -0.3 is 4.74 Å². The van der Waals surface area contributed by atoms with E-state index in [2.05, 4.69) is 25.0 Å². The topological polar surface area (TPSA) is 65.2 Å². The monoisotopic (exact) mass is 417 g/mol. The van der Waals surface area contributed by atoms with Crippen molar-refractivity contribution >= 4 is 5.65 Å². The Balaban J connectivity index is 1.66. The molecular weight excluding hydrogens is 404 g/mol. The lowest BCUT2D eigenvalue weighted by Gasteiger charge is -2.28. The van der Waals surface area contributed by atoms with Crippen LogP contribution in [0, 0.1) is 5.82 Å². The maximum Gasteiger partial charge on any atom is 0.427 e. The summed E-state index contributed by atoms with van der Waals surface area (Å²) in [5, 5.41) is 11.7. The standard InChI is InChI=1S/C17H13F6N5O/c1-15(2,17(21,22)23)29-14-10(18)5-8(7-24-14)11-3-4-12-25-26-13(28(12)27-11)9-6-16(9,19)20/h3-5,7,9H,6H2,1-2H3/t9-/m0/s1. The fourth-order valence-electron chi connectivity index (χ4n) is 2.61. The molecule has 4 rings (SSSR count). The molecule has 1 fully saturated rings. The normalized spacial score (nSPS) is 18.8. The van der Waals surface area contributed by atoms with Crippen molar-refractivity contribution in [2.75, 3.05) is 0 Å². The number of pyridine rings is 1. The maximum atomic E-state index is 14.3. The van der Waals surface area contributed by atoms with Crippen LogP contribution in [0.1, 0.15) is 32.0 Å². The van der Waals surface area contributed by atoms with Crippen LogP contribution >= 0.6 is 0 Å². The Morgan fingerprint density at radius 3 is 2.45 bits per heavy atom. The van der Waals surface area contributed by atoms with Gasteiger partial charge in [-0.05, 0) is 32.0 Å². The van der Waals surface area contributed by atoms with Crippen LogP contribution in [0.3, 0.4) is 0 Å². The number of hydrogen-bond donors (Lipinski definition) is 0. The molecule has 1 aliphatic carbocycles.